The van der Waals surface area contributed by atoms with Gasteiger partial charge in [-0.15, -0.1) is 0 Å². The van der Waals surface area contributed by atoms with E-state index in [1.807, 2.05) is 42.8 Å². The summed E-state index contributed by atoms with van der Waals surface area (Å²) in [5.74, 6) is -0.134. The zero-order valence-electron chi connectivity index (χ0n) is 14.4. The van der Waals surface area contributed by atoms with Crippen LogP contribution in [0.3, 0.4) is 0 Å². The summed E-state index contributed by atoms with van der Waals surface area (Å²) in [7, 11) is 0. The van der Waals surface area contributed by atoms with Crippen molar-refractivity contribution in [3.63, 3.8) is 0 Å². The second-order valence-electron chi connectivity index (χ2n) is 6.90. The highest BCUT2D eigenvalue weighted by molar-refractivity contribution is 5.94. The van der Waals surface area contributed by atoms with Gasteiger partial charge in [0, 0.05) is 17.8 Å². The molecule has 2 aromatic rings. The Kier molecular flexibility index (Phi) is 4.71. The van der Waals surface area contributed by atoms with Gasteiger partial charge in [-0.1, -0.05) is 25.0 Å². The van der Waals surface area contributed by atoms with E-state index in [1.165, 1.54) is 0 Å². The van der Waals surface area contributed by atoms with Gasteiger partial charge in [-0.3, -0.25) is 9.48 Å². The SMILES string of the molecule is Cc1cc(C)n(Cc2cccc(C(=O)NCC3(O)CCCC3)c2)n1. The predicted molar refractivity (Wildman–Crippen MR) is 93.0 cm³/mol. The largest absolute Gasteiger partial charge is 0.388 e. The highest BCUT2D eigenvalue weighted by Crippen LogP contribution is 2.28. The first kappa shape index (κ1) is 16.7. The maximum Gasteiger partial charge on any atom is 0.251 e. The monoisotopic (exact) mass is 327 g/mol. The Morgan fingerprint density at radius 1 is 1.29 bits per heavy atom. The van der Waals surface area contributed by atoms with Gasteiger partial charge in [-0.2, -0.15) is 5.10 Å². The van der Waals surface area contributed by atoms with E-state index in [0.717, 1.165) is 42.6 Å². The second-order valence-corrected chi connectivity index (χ2v) is 6.90. The lowest BCUT2D eigenvalue weighted by Gasteiger charge is -2.22. The summed E-state index contributed by atoms with van der Waals surface area (Å²) >= 11 is 0. The first-order valence-electron chi connectivity index (χ1n) is 8.56. The predicted octanol–water partition coefficient (Wildman–Crippen LogP) is 2.58. The first-order valence-corrected chi connectivity index (χ1v) is 8.56. The lowest BCUT2D eigenvalue weighted by Crippen LogP contribution is -2.40. The van der Waals surface area contributed by atoms with E-state index < -0.39 is 5.60 Å². The third-order valence-electron chi connectivity index (χ3n) is 4.74. The van der Waals surface area contributed by atoms with E-state index in [2.05, 4.69) is 10.4 Å². The molecule has 1 aromatic heterocycles. The number of hydrogen-bond donors (Lipinski definition) is 2. The van der Waals surface area contributed by atoms with E-state index >= 15 is 0 Å². The number of carbonyl (C=O) groups is 1. The average Bonchev–Trinajstić information content (AvgIpc) is 3.12. The number of rotatable bonds is 5. The zero-order chi connectivity index (χ0) is 17.2. The third-order valence-corrected chi connectivity index (χ3v) is 4.74. The quantitative estimate of drug-likeness (QED) is 0.887. The number of aliphatic hydroxyl groups is 1. The van der Waals surface area contributed by atoms with Crippen LogP contribution in [-0.2, 0) is 6.54 Å². The molecule has 24 heavy (non-hydrogen) atoms. The summed E-state index contributed by atoms with van der Waals surface area (Å²) in [6, 6.07) is 9.63. The molecule has 0 aliphatic heterocycles. The third kappa shape index (κ3) is 3.85. The van der Waals surface area contributed by atoms with Gasteiger partial charge in [0.1, 0.15) is 0 Å². The molecule has 1 heterocycles. The summed E-state index contributed by atoms with van der Waals surface area (Å²) in [4.78, 5) is 12.4. The Morgan fingerprint density at radius 2 is 2.04 bits per heavy atom. The second kappa shape index (κ2) is 6.77. The fraction of sp³-hybridized carbons (Fsp3) is 0.474. The Labute approximate surface area is 142 Å². The van der Waals surface area contributed by atoms with Gasteiger partial charge in [-0.25, -0.2) is 0 Å². The molecule has 1 aromatic carbocycles. The molecule has 1 saturated carbocycles. The van der Waals surface area contributed by atoms with Crippen molar-refractivity contribution in [3.05, 3.63) is 52.8 Å². The molecule has 3 rings (SSSR count). The number of hydrogen-bond acceptors (Lipinski definition) is 3. The number of nitrogens with one attached hydrogen (secondary N) is 1. The van der Waals surface area contributed by atoms with Crippen molar-refractivity contribution < 1.29 is 9.90 Å². The molecule has 0 bridgehead atoms. The molecule has 2 N–H and O–H groups in total. The van der Waals surface area contributed by atoms with Gasteiger partial charge in [0.15, 0.2) is 0 Å². The van der Waals surface area contributed by atoms with E-state index in [1.54, 1.807) is 6.07 Å². The van der Waals surface area contributed by atoms with Gasteiger partial charge in [0.25, 0.3) is 5.91 Å². The standard InChI is InChI=1S/C19H25N3O2/c1-14-10-15(2)22(21-14)12-16-6-5-7-17(11-16)18(23)20-13-19(24)8-3-4-9-19/h5-7,10-11,24H,3-4,8-9,12-13H2,1-2H3,(H,20,23). The zero-order valence-corrected chi connectivity index (χ0v) is 14.4. The maximum atomic E-state index is 12.4. The smallest absolute Gasteiger partial charge is 0.251 e. The summed E-state index contributed by atoms with van der Waals surface area (Å²) < 4.78 is 1.94. The molecule has 0 atom stereocenters. The van der Waals surface area contributed by atoms with Crippen LogP contribution in [-0.4, -0.2) is 32.9 Å². The fourth-order valence-corrected chi connectivity index (χ4v) is 3.38. The van der Waals surface area contributed by atoms with Crippen LogP contribution in [0.15, 0.2) is 30.3 Å². The van der Waals surface area contributed by atoms with Crippen LogP contribution < -0.4 is 5.32 Å². The Morgan fingerprint density at radius 3 is 2.71 bits per heavy atom. The molecular formula is C19H25N3O2. The molecule has 1 fully saturated rings. The first-order chi connectivity index (χ1) is 11.5. The lowest BCUT2D eigenvalue weighted by atomic mass is 10.0. The topological polar surface area (TPSA) is 67.2 Å². The molecule has 0 radical (unpaired) electrons. The minimum Gasteiger partial charge on any atom is -0.388 e. The van der Waals surface area contributed by atoms with Crippen LogP contribution in [0.1, 0.15) is 53.0 Å². The van der Waals surface area contributed by atoms with Crippen molar-refractivity contribution in [2.45, 2.75) is 51.7 Å². The van der Waals surface area contributed by atoms with Crippen molar-refractivity contribution in [2.75, 3.05) is 6.54 Å². The van der Waals surface area contributed by atoms with Crippen molar-refractivity contribution in [1.82, 2.24) is 15.1 Å². The van der Waals surface area contributed by atoms with E-state index in [-0.39, 0.29) is 5.91 Å². The normalized spacial score (nSPS) is 16.3. The van der Waals surface area contributed by atoms with Gasteiger partial charge < -0.3 is 10.4 Å². The van der Waals surface area contributed by atoms with Crippen LogP contribution in [0.2, 0.25) is 0 Å². The maximum absolute atomic E-state index is 12.4. The molecule has 5 nitrogen and oxygen atoms in total. The van der Waals surface area contributed by atoms with E-state index in [4.69, 9.17) is 0 Å². The molecule has 5 heteroatoms. The number of amides is 1. The van der Waals surface area contributed by atoms with Crippen molar-refractivity contribution in [3.8, 4) is 0 Å². The average molecular weight is 327 g/mol. The molecular weight excluding hydrogens is 302 g/mol. The van der Waals surface area contributed by atoms with Crippen LogP contribution >= 0.6 is 0 Å². The Balaban J connectivity index is 1.66. The number of benzene rings is 1. The molecule has 1 aliphatic carbocycles. The van der Waals surface area contributed by atoms with Crippen LogP contribution in [0.5, 0.6) is 0 Å². The minimum absolute atomic E-state index is 0.134. The van der Waals surface area contributed by atoms with Gasteiger partial charge in [0.2, 0.25) is 0 Å². The Bertz CT molecular complexity index is 730. The highest BCUT2D eigenvalue weighted by atomic mass is 16.3. The van der Waals surface area contributed by atoms with Crippen LogP contribution in [0.25, 0.3) is 0 Å². The summed E-state index contributed by atoms with van der Waals surface area (Å²) in [6.45, 7) is 4.97. The van der Waals surface area contributed by atoms with Crippen molar-refractivity contribution in [2.24, 2.45) is 0 Å². The molecule has 0 saturated heterocycles. The molecule has 1 amide bonds. The van der Waals surface area contributed by atoms with Gasteiger partial charge >= 0.3 is 0 Å². The lowest BCUT2D eigenvalue weighted by molar-refractivity contribution is 0.0449. The number of carbonyl (C=O) groups excluding carboxylic acids is 1. The van der Waals surface area contributed by atoms with E-state index in [9.17, 15) is 9.90 Å². The summed E-state index contributed by atoms with van der Waals surface area (Å²) in [5.41, 5.74) is 3.03. The number of aromatic nitrogens is 2. The Hall–Kier alpha value is -2.14. The number of aryl methyl sites for hydroxylation is 2. The molecule has 128 valence electrons. The highest BCUT2D eigenvalue weighted by Gasteiger charge is 2.31. The molecule has 0 unspecified atom stereocenters. The molecule has 1 aliphatic rings. The van der Waals surface area contributed by atoms with Gasteiger partial charge in [0.05, 0.1) is 17.8 Å². The van der Waals surface area contributed by atoms with Crippen molar-refractivity contribution >= 4 is 5.91 Å². The van der Waals surface area contributed by atoms with Crippen molar-refractivity contribution in [1.29, 1.82) is 0 Å². The van der Waals surface area contributed by atoms with Gasteiger partial charge in [-0.05, 0) is 50.5 Å². The van der Waals surface area contributed by atoms with Crippen LogP contribution in [0, 0.1) is 13.8 Å². The molecule has 0 spiro atoms. The van der Waals surface area contributed by atoms with Crippen LogP contribution in [0.4, 0.5) is 0 Å². The number of nitrogens with zero attached hydrogens (tertiary/aromatic N) is 2. The fourth-order valence-electron chi connectivity index (χ4n) is 3.38. The van der Waals surface area contributed by atoms with E-state index in [0.29, 0.717) is 18.7 Å². The minimum atomic E-state index is -0.725. The summed E-state index contributed by atoms with van der Waals surface area (Å²) in [6.07, 6.45) is 3.60. The summed E-state index contributed by atoms with van der Waals surface area (Å²) in [5, 5.41) is 17.7.